The zero-order chi connectivity index (χ0) is 10.3. The van der Waals surface area contributed by atoms with Gasteiger partial charge in [-0.05, 0) is 34.1 Å². The number of aromatic amines is 1. The molecule has 0 unspecified atom stereocenters. The van der Waals surface area contributed by atoms with E-state index in [4.69, 9.17) is 9.47 Å². The van der Waals surface area contributed by atoms with E-state index in [1.54, 1.807) is 6.20 Å². The maximum absolute atomic E-state index is 5.30. The zero-order valence-corrected chi connectivity index (χ0v) is 9.24. The summed E-state index contributed by atoms with van der Waals surface area (Å²) in [6.45, 7) is 0.297. The Kier molecular flexibility index (Phi) is 1.92. The minimum Gasteiger partial charge on any atom is -0.454 e. The van der Waals surface area contributed by atoms with Crippen LogP contribution in [0.1, 0.15) is 0 Å². The van der Waals surface area contributed by atoms with E-state index in [9.17, 15) is 0 Å². The van der Waals surface area contributed by atoms with Crippen LogP contribution >= 0.6 is 15.9 Å². The number of aromatic nitrogens is 2. The predicted octanol–water partition coefficient (Wildman–Crippen LogP) is 2.57. The highest BCUT2D eigenvalue weighted by atomic mass is 79.9. The highest BCUT2D eigenvalue weighted by molar-refractivity contribution is 9.10. The number of nitrogens with one attached hydrogen (secondary N) is 1. The number of halogens is 1. The molecule has 0 fully saturated rings. The number of ether oxygens (including phenoxy) is 2. The minimum atomic E-state index is 0.297. The van der Waals surface area contributed by atoms with E-state index >= 15 is 0 Å². The van der Waals surface area contributed by atoms with Gasteiger partial charge in [0.25, 0.3) is 0 Å². The van der Waals surface area contributed by atoms with Gasteiger partial charge in [-0.1, -0.05) is 0 Å². The van der Waals surface area contributed by atoms with Gasteiger partial charge in [-0.3, -0.25) is 0 Å². The van der Waals surface area contributed by atoms with Crippen molar-refractivity contribution in [1.29, 1.82) is 0 Å². The molecule has 0 spiro atoms. The minimum absolute atomic E-state index is 0.297. The standard InChI is InChI=1S/C10H7BrN2O2/c11-10-12-4-7(13-10)6-1-2-8-9(3-6)15-5-14-8/h1-4H,5H2,(H,12,13). The van der Waals surface area contributed by atoms with Crippen LogP contribution in [0, 0.1) is 0 Å². The summed E-state index contributed by atoms with van der Waals surface area (Å²) in [6.07, 6.45) is 1.77. The number of imidazole rings is 1. The fourth-order valence-corrected chi connectivity index (χ4v) is 1.82. The average Bonchev–Trinajstić information content (AvgIpc) is 2.84. The molecule has 5 heteroatoms. The van der Waals surface area contributed by atoms with Crippen molar-refractivity contribution in [2.45, 2.75) is 0 Å². The van der Waals surface area contributed by atoms with Crippen molar-refractivity contribution in [1.82, 2.24) is 9.97 Å². The van der Waals surface area contributed by atoms with E-state index in [0.29, 0.717) is 6.79 Å². The third kappa shape index (κ3) is 1.48. The Bertz CT molecular complexity index is 510. The average molecular weight is 267 g/mol. The van der Waals surface area contributed by atoms with Gasteiger partial charge in [0.2, 0.25) is 6.79 Å². The largest absolute Gasteiger partial charge is 0.454 e. The first-order valence-electron chi connectivity index (χ1n) is 4.43. The number of nitrogens with zero attached hydrogens (tertiary/aromatic N) is 1. The van der Waals surface area contributed by atoms with Crippen LogP contribution in [0.25, 0.3) is 11.3 Å². The van der Waals surface area contributed by atoms with Crippen LogP contribution in [0.2, 0.25) is 0 Å². The molecule has 1 aromatic heterocycles. The van der Waals surface area contributed by atoms with E-state index in [1.165, 1.54) is 0 Å². The monoisotopic (exact) mass is 266 g/mol. The molecule has 0 bridgehead atoms. The summed E-state index contributed by atoms with van der Waals surface area (Å²) in [5.41, 5.74) is 1.97. The summed E-state index contributed by atoms with van der Waals surface area (Å²) in [4.78, 5) is 7.17. The molecule has 0 atom stereocenters. The van der Waals surface area contributed by atoms with Crippen LogP contribution in [-0.4, -0.2) is 16.8 Å². The fourth-order valence-electron chi connectivity index (χ4n) is 1.51. The van der Waals surface area contributed by atoms with Gasteiger partial charge in [0, 0.05) is 5.56 Å². The quantitative estimate of drug-likeness (QED) is 0.863. The Morgan fingerprint density at radius 3 is 2.93 bits per heavy atom. The van der Waals surface area contributed by atoms with Gasteiger partial charge in [0.1, 0.15) is 0 Å². The molecule has 2 aromatic rings. The Balaban J connectivity index is 2.06. The van der Waals surface area contributed by atoms with Crippen LogP contribution in [0.15, 0.2) is 29.1 Å². The van der Waals surface area contributed by atoms with Crippen molar-refractivity contribution in [3.63, 3.8) is 0 Å². The predicted molar refractivity (Wildman–Crippen MR) is 57.8 cm³/mol. The lowest BCUT2D eigenvalue weighted by Gasteiger charge is -1.99. The SMILES string of the molecule is Brc1ncc(-c2ccc3c(c2)OCO3)[nH]1. The van der Waals surface area contributed by atoms with Crippen LogP contribution < -0.4 is 9.47 Å². The Hall–Kier alpha value is -1.49. The van der Waals surface area contributed by atoms with E-state index in [2.05, 4.69) is 25.9 Å². The lowest BCUT2D eigenvalue weighted by Crippen LogP contribution is -1.92. The molecule has 15 heavy (non-hydrogen) atoms. The smallest absolute Gasteiger partial charge is 0.231 e. The lowest BCUT2D eigenvalue weighted by atomic mass is 10.1. The molecule has 2 heterocycles. The highest BCUT2D eigenvalue weighted by Crippen LogP contribution is 2.35. The first-order valence-corrected chi connectivity index (χ1v) is 5.23. The van der Waals surface area contributed by atoms with Gasteiger partial charge >= 0.3 is 0 Å². The number of rotatable bonds is 1. The molecule has 0 aliphatic carbocycles. The van der Waals surface area contributed by atoms with Gasteiger partial charge in [0.05, 0.1) is 11.9 Å². The topological polar surface area (TPSA) is 47.1 Å². The first-order chi connectivity index (χ1) is 7.33. The van der Waals surface area contributed by atoms with Crippen LogP contribution in [0.4, 0.5) is 0 Å². The van der Waals surface area contributed by atoms with Crippen LogP contribution in [0.3, 0.4) is 0 Å². The normalized spacial score (nSPS) is 13.1. The van der Waals surface area contributed by atoms with Crippen molar-refractivity contribution >= 4 is 15.9 Å². The maximum Gasteiger partial charge on any atom is 0.231 e. The molecule has 1 aromatic carbocycles. The number of H-pyrrole nitrogens is 1. The lowest BCUT2D eigenvalue weighted by molar-refractivity contribution is 0.174. The van der Waals surface area contributed by atoms with Gasteiger partial charge in [-0.2, -0.15) is 0 Å². The molecule has 1 N–H and O–H groups in total. The first kappa shape index (κ1) is 8.79. The molecular formula is C10H7BrN2O2. The van der Waals surface area contributed by atoms with Crippen LogP contribution in [-0.2, 0) is 0 Å². The summed E-state index contributed by atoms with van der Waals surface area (Å²) in [5, 5.41) is 0. The second-order valence-corrected chi connectivity index (χ2v) is 3.91. The second kappa shape index (κ2) is 3.27. The van der Waals surface area contributed by atoms with Gasteiger partial charge < -0.3 is 14.5 Å². The molecule has 1 aliphatic rings. The molecule has 3 rings (SSSR count). The van der Waals surface area contributed by atoms with Crippen LogP contribution in [0.5, 0.6) is 11.5 Å². The summed E-state index contributed by atoms with van der Waals surface area (Å²) in [5.74, 6) is 1.57. The highest BCUT2D eigenvalue weighted by Gasteiger charge is 2.14. The number of benzene rings is 1. The molecule has 0 saturated heterocycles. The fraction of sp³-hybridized carbons (Fsp3) is 0.100. The number of hydrogen-bond acceptors (Lipinski definition) is 3. The van der Waals surface area contributed by atoms with E-state index in [-0.39, 0.29) is 0 Å². The summed E-state index contributed by atoms with van der Waals surface area (Å²) in [7, 11) is 0. The van der Waals surface area contributed by atoms with E-state index in [0.717, 1.165) is 27.5 Å². The summed E-state index contributed by atoms with van der Waals surface area (Å²) >= 11 is 3.27. The van der Waals surface area contributed by atoms with Gasteiger partial charge in [-0.15, -0.1) is 0 Å². The molecule has 76 valence electrons. The van der Waals surface area contributed by atoms with Gasteiger partial charge in [-0.25, -0.2) is 4.98 Å². The molecule has 0 amide bonds. The zero-order valence-electron chi connectivity index (χ0n) is 7.66. The summed E-state index contributed by atoms with van der Waals surface area (Å²) < 4.78 is 11.3. The summed E-state index contributed by atoms with van der Waals surface area (Å²) in [6, 6.07) is 5.79. The van der Waals surface area contributed by atoms with Crippen molar-refractivity contribution in [2.24, 2.45) is 0 Å². The molecule has 1 aliphatic heterocycles. The van der Waals surface area contributed by atoms with Gasteiger partial charge in [0.15, 0.2) is 16.2 Å². The van der Waals surface area contributed by atoms with Crippen molar-refractivity contribution in [3.8, 4) is 22.8 Å². The third-order valence-electron chi connectivity index (χ3n) is 2.23. The third-order valence-corrected chi connectivity index (χ3v) is 2.63. The molecule has 0 saturated carbocycles. The van der Waals surface area contributed by atoms with E-state index < -0.39 is 0 Å². The number of fused-ring (bicyclic) bond motifs is 1. The molecule has 0 radical (unpaired) electrons. The molecular weight excluding hydrogens is 260 g/mol. The number of hydrogen-bond donors (Lipinski definition) is 1. The Labute approximate surface area is 94.4 Å². The van der Waals surface area contributed by atoms with Crippen molar-refractivity contribution < 1.29 is 9.47 Å². The second-order valence-electron chi connectivity index (χ2n) is 3.16. The van der Waals surface area contributed by atoms with Crippen molar-refractivity contribution in [2.75, 3.05) is 6.79 Å². The maximum atomic E-state index is 5.30. The Morgan fingerprint density at radius 2 is 2.13 bits per heavy atom. The van der Waals surface area contributed by atoms with E-state index in [1.807, 2.05) is 18.2 Å². The Morgan fingerprint density at radius 1 is 1.27 bits per heavy atom. The molecule has 4 nitrogen and oxygen atoms in total. The van der Waals surface area contributed by atoms with Crippen molar-refractivity contribution in [3.05, 3.63) is 29.1 Å².